The van der Waals surface area contributed by atoms with Crippen LogP contribution < -0.4 is 6.15 Å². The van der Waals surface area contributed by atoms with Gasteiger partial charge < -0.3 is 20.9 Å². The van der Waals surface area contributed by atoms with Gasteiger partial charge in [0, 0.05) is 45.3 Å². The van der Waals surface area contributed by atoms with Gasteiger partial charge in [-0.2, -0.15) is 0 Å². The second-order valence-electron chi connectivity index (χ2n) is 4.88. The van der Waals surface area contributed by atoms with Gasteiger partial charge in [-0.05, 0) is 0 Å². The highest BCUT2D eigenvalue weighted by atomic mass is 16.1. The van der Waals surface area contributed by atoms with Gasteiger partial charge in [-0.1, -0.05) is 0 Å². The lowest BCUT2D eigenvalue weighted by molar-refractivity contribution is -0.117. The van der Waals surface area contributed by atoms with Crippen LogP contribution >= 0.6 is 0 Å². The van der Waals surface area contributed by atoms with E-state index in [2.05, 4.69) is 0 Å². The summed E-state index contributed by atoms with van der Waals surface area (Å²) < 4.78 is 0. The molecular weight excluding hydrogens is 232 g/mol. The minimum Gasteiger partial charge on any atom is -0.365 e. The zero-order chi connectivity index (χ0) is 11.6. The summed E-state index contributed by atoms with van der Waals surface area (Å²) in [4.78, 5) is 30.5. The largest absolute Gasteiger partial charge is 0.365 e. The predicted molar refractivity (Wildman–Crippen MR) is 64.9 cm³/mol. The summed E-state index contributed by atoms with van der Waals surface area (Å²) in [7, 11) is 0. The molecule has 3 N–H and O–H groups in total. The Hall–Kier alpha value is -1.82. The van der Waals surface area contributed by atoms with Gasteiger partial charge in [0.2, 0.25) is 11.6 Å². The zero-order valence-corrected chi connectivity index (χ0v) is 10.2. The highest BCUT2D eigenvalue weighted by Gasteiger charge is 2.43. The second-order valence-corrected chi connectivity index (χ2v) is 4.88. The first kappa shape index (κ1) is 11.3. The van der Waals surface area contributed by atoms with Crippen LogP contribution in [0, 0.1) is 0 Å². The third-order valence-electron chi connectivity index (χ3n) is 3.49. The number of rotatable bonds is 3. The number of carbonyl (C=O) groups excluding carboxylic acids is 2. The molecule has 0 aromatic carbocycles. The van der Waals surface area contributed by atoms with E-state index in [9.17, 15) is 9.59 Å². The van der Waals surface area contributed by atoms with Crippen LogP contribution in [0.5, 0.6) is 0 Å². The van der Waals surface area contributed by atoms with E-state index < -0.39 is 0 Å². The fourth-order valence-electron chi connectivity index (χ4n) is 2.28. The first-order chi connectivity index (χ1) is 8.25. The molecule has 0 unspecified atom stereocenters. The first-order valence-electron chi connectivity index (χ1n) is 6.05. The molecule has 3 heterocycles. The molecule has 0 atom stereocenters. The third kappa shape index (κ3) is 1.60. The summed E-state index contributed by atoms with van der Waals surface area (Å²) in [5.41, 5.74) is 1.89. The average Bonchev–Trinajstić information content (AvgIpc) is 3.13. The van der Waals surface area contributed by atoms with Gasteiger partial charge in [0.1, 0.15) is 11.4 Å². The molecule has 0 amide bonds. The van der Waals surface area contributed by atoms with E-state index >= 15 is 0 Å². The molecule has 0 aromatic heterocycles. The Bertz CT molecular complexity index is 496. The SMILES string of the molecule is N.O=C1C=C(N2CC2)C(=O)C(N2CC2)=C1N1CC1. The molecule has 3 saturated heterocycles. The number of ketones is 2. The van der Waals surface area contributed by atoms with Crippen LogP contribution in [0.2, 0.25) is 0 Å². The Balaban J connectivity index is 0.000001000. The van der Waals surface area contributed by atoms with Crippen molar-refractivity contribution in [3.05, 3.63) is 23.2 Å². The van der Waals surface area contributed by atoms with E-state index in [1.807, 2.05) is 14.7 Å². The van der Waals surface area contributed by atoms with Crippen LogP contribution in [0.25, 0.3) is 0 Å². The average molecular weight is 248 g/mol. The third-order valence-corrected chi connectivity index (χ3v) is 3.49. The number of carbonyl (C=O) groups is 2. The van der Waals surface area contributed by atoms with Gasteiger partial charge in [-0.15, -0.1) is 0 Å². The lowest BCUT2D eigenvalue weighted by atomic mass is 10.0. The molecule has 96 valence electrons. The number of hydrogen-bond acceptors (Lipinski definition) is 6. The number of Topliss-reactive ketones (excluding diaryl/α,β-unsaturated/α-hetero) is 1. The van der Waals surface area contributed by atoms with Crippen LogP contribution in [0.15, 0.2) is 23.2 Å². The van der Waals surface area contributed by atoms with E-state index in [4.69, 9.17) is 0 Å². The molecular formula is C12H16N4O2. The van der Waals surface area contributed by atoms with Crippen LogP contribution in [0.3, 0.4) is 0 Å². The van der Waals surface area contributed by atoms with E-state index in [-0.39, 0.29) is 17.7 Å². The van der Waals surface area contributed by atoms with Crippen LogP contribution in [-0.4, -0.2) is 65.5 Å². The van der Waals surface area contributed by atoms with Gasteiger partial charge in [0.25, 0.3) is 0 Å². The number of nitrogens with zero attached hydrogens (tertiary/aromatic N) is 3. The number of allylic oxidation sites excluding steroid dienone is 1. The van der Waals surface area contributed by atoms with Gasteiger partial charge >= 0.3 is 0 Å². The van der Waals surface area contributed by atoms with E-state index in [0.29, 0.717) is 17.1 Å². The van der Waals surface area contributed by atoms with Crippen LogP contribution in [0.4, 0.5) is 0 Å². The zero-order valence-electron chi connectivity index (χ0n) is 10.2. The first-order valence-corrected chi connectivity index (χ1v) is 6.05. The lowest BCUT2D eigenvalue weighted by Gasteiger charge is -2.21. The fraction of sp³-hybridized carbons (Fsp3) is 0.500. The van der Waals surface area contributed by atoms with Gasteiger partial charge in [0.05, 0.1) is 5.70 Å². The normalized spacial score (nSPS) is 25.1. The van der Waals surface area contributed by atoms with Gasteiger partial charge in [0.15, 0.2) is 0 Å². The van der Waals surface area contributed by atoms with E-state index in [1.165, 1.54) is 6.08 Å². The quantitative estimate of drug-likeness (QED) is 0.528. The minimum atomic E-state index is 0. The van der Waals surface area contributed by atoms with Crippen molar-refractivity contribution < 1.29 is 9.59 Å². The van der Waals surface area contributed by atoms with Crippen LogP contribution in [0.1, 0.15) is 0 Å². The Morgan fingerprint density at radius 1 is 0.778 bits per heavy atom. The number of hydrogen-bond donors (Lipinski definition) is 1. The van der Waals surface area contributed by atoms with E-state index in [1.54, 1.807) is 0 Å². The molecule has 6 heteroatoms. The minimum absolute atomic E-state index is 0. The monoisotopic (exact) mass is 248 g/mol. The van der Waals surface area contributed by atoms with Crippen molar-refractivity contribution in [3.8, 4) is 0 Å². The standard InChI is InChI=1S/C12H13N3O2.H3N/c16-9-7-8(13-1-2-13)12(17)11(15-5-6-15)10(9)14-3-4-14;/h7H,1-6H2;1H3. The Morgan fingerprint density at radius 3 is 1.78 bits per heavy atom. The highest BCUT2D eigenvalue weighted by Crippen LogP contribution is 2.33. The Labute approximate surface area is 105 Å². The van der Waals surface area contributed by atoms with Crippen molar-refractivity contribution in [2.45, 2.75) is 0 Å². The summed E-state index contributed by atoms with van der Waals surface area (Å²) in [5, 5.41) is 0. The Kier molecular flexibility index (Phi) is 2.25. The second kappa shape index (κ2) is 3.58. The molecule has 6 nitrogen and oxygen atoms in total. The van der Waals surface area contributed by atoms with Crippen molar-refractivity contribution in [2.24, 2.45) is 0 Å². The molecule has 18 heavy (non-hydrogen) atoms. The van der Waals surface area contributed by atoms with E-state index in [0.717, 1.165) is 39.3 Å². The smallest absolute Gasteiger partial charge is 0.227 e. The maximum Gasteiger partial charge on any atom is 0.227 e. The molecule has 0 radical (unpaired) electrons. The van der Waals surface area contributed by atoms with Crippen molar-refractivity contribution in [3.63, 3.8) is 0 Å². The molecule has 0 bridgehead atoms. The topological polar surface area (TPSA) is 78.2 Å². The molecule has 3 aliphatic heterocycles. The molecule has 3 fully saturated rings. The molecule has 0 aromatic rings. The lowest BCUT2D eigenvalue weighted by Crippen LogP contribution is -2.29. The van der Waals surface area contributed by atoms with Crippen molar-refractivity contribution in [2.75, 3.05) is 39.3 Å². The molecule has 4 aliphatic rings. The van der Waals surface area contributed by atoms with Gasteiger partial charge in [-0.3, -0.25) is 9.59 Å². The molecule has 4 rings (SSSR count). The maximum absolute atomic E-state index is 12.4. The molecule has 0 saturated carbocycles. The predicted octanol–water partition coefficient (Wildman–Crippen LogP) is -0.657. The van der Waals surface area contributed by atoms with Crippen molar-refractivity contribution in [1.82, 2.24) is 20.9 Å². The van der Waals surface area contributed by atoms with Crippen molar-refractivity contribution in [1.29, 1.82) is 0 Å². The fourth-order valence-corrected chi connectivity index (χ4v) is 2.28. The summed E-state index contributed by atoms with van der Waals surface area (Å²) in [6.07, 6.45) is 1.52. The summed E-state index contributed by atoms with van der Waals surface area (Å²) in [6, 6.07) is 0. The maximum atomic E-state index is 12.4. The summed E-state index contributed by atoms with van der Waals surface area (Å²) >= 11 is 0. The van der Waals surface area contributed by atoms with Crippen molar-refractivity contribution >= 4 is 11.6 Å². The molecule has 0 spiro atoms. The highest BCUT2D eigenvalue weighted by molar-refractivity contribution is 6.22. The summed E-state index contributed by atoms with van der Waals surface area (Å²) in [5.74, 6) is 0.0485. The van der Waals surface area contributed by atoms with Crippen LogP contribution in [-0.2, 0) is 9.59 Å². The molecule has 1 aliphatic carbocycles. The van der Waals surface area contributed by atoms with Gasteiger partial charge in [-0.25, -0.2) is 0 Å². The Morgan fingerprint density at radius 2 is 1.28 bits per heavy atom. The summed E-state index contributed by atoms with van der Waals surface area (Å²) in [6.45, 7) is 5.41.